The fourth-order valence-corrected chi connectivity index (χ4v) is 6.67. The first kappa shape index (κ1) is 11.3. The van der Waals surface area contributed by atoms with E-state index in [4.69, 9.17) is 25.3 Å². The second-order valence-electron chi connectivity index (χ2n) is 11.0. The average molecular weight is 649 g/mol. The number of hydrogen-bond donors (Lipinski definition) is 0. The van der Waals surface area contributed by atoms with E-state index in [2.05, 4.69) is 0 Å². The van der Waals surface area contributed by atoms with Crippen molar-refractivity contribution >= 4 is 32.3 Å². The molecule has 9 aromatic carbocycles. The number of ether oxygens (including phenoxy) is 1. The van der Waals surface area contributed by atoms with Crippen molar-refractivity contribution in [3.63, 3.8) is 0 Å². The Labute approximate surface area is 323 Å². The van der Waals surface area contributed by atoms with Crippen molar-refractivity contribution in [2.24, 2.45) is 0 Å². The molecule has 0 saturated carbocycles. The molecule has 1 heteroatoms. The molecule has 0 spiro atoms. The highest BCUT2D eigenvalue weighted by Gasteiger charge is 2.30. The van der Waals surface area contributed by atoms with E-state index in [0.29, 0.717) is 0 Å². The molecule has 11 rings (SSSR count). The zero-order valence-corrected chi connectivity index (χ0v) is 24.4. The van der Waals surface area contributed by atoms with Crippen LogP contribution in [0.4, 0.5) is 0 Å². The summed E-state index contributed by atoms with van der Waals surface area (Å²) in [7, 11) is 0. The van der Waals surface area contributed by atoms with E-state index in [1.54, 1.807) is 0 Å². The van der Waals surface area contributed by atoms with Crippen molar-refractivity contribution in [3.8, 4) is 78.3 Å². The van der Waals surface area contributed by atoms with Gasteiger partial charge in [0.25, 0.3) is 0 Å². The Morgan fingerprint density at radius 2 is 0.898 bits per heavy atom. The van der Waals surface area contributed by atoms with Gasteiger partial charge >= 0.3 is 0 Å². The highest BCUT2D eigenvalue weighted by Crippen LogP contribution is 2.58. The number of hydrogen-bond acceptors (Lipinski definition) is 1. The number of benzene rings is 9. The maximum atomic E-state index is 10.2. The molecule has 0 N–H and O–H groups in total. The third kappa shape index (κ3) is 3.70. The summed E-state index contributed by atoms with van der Waals surface area (Å²) in [5.74, 6) is -1.22. The number of fused-ring (bicyclic) bond motifs is 6. The molecule has 0 radical (unpaired) electrons. The van der Waals surface area contributed by atoms with Gasteiger partial charge in [0.15, 0.2) is 0 Å². The molecule has 0 saturated heterocycles. The molecule has 226 valence electrons. The summed E-state index contributed by atoms with van der Waals surface area (Å²) in [5, 5.41) is -3.40. The van der Waals surface area contributed by atoms with E-state index >= 15 is 0 Å². The van der Waals surface area contributed by atoms with Crippen LogP contribution >= 0.6 is 0 Å². The molecular weight excluding hydrogens is 593 g/mol. The number of rotatable bonds is 3. The summed E-state index contributed by atoms with van der Waals surface area (Å²) in [5.41, 5.74) is -7.63. The van der Waals surface area contributed by atoms with Gasteiger partial charge in [0.1, 0.15) is 11.5 Å². The van der Waals surface area contributed by atoms with Crippen molar-refractivity contribution in [1.29, 1.82) is 0 Å². The molecule has 9 aromatic rings. The molecule has 1 aliphatic carbocycles. The van der Waals surface area contributed by atoms with Gasteiger partial charge in [-0.25, -0.2) is 0 Å². The van der Waals surface area contributed by atoms with E-state index in [-0.39, 0.29) is 5.39 Å². The minimum atomic E-state index is -1.10. The quantitative estimate of drug-likeness (QED) is 0.185. The third-order valence-corrected chi connectivity index (χ3v) is 8.57. The van der Waals surface area contributed by atoms with Gasteiger partial charge < -0.3 is 4.74 Å². The maximum Gasteiger partial charge on any atom is 0.135 e. The van der Waals surface area contributed by atoms with Gasteiger partial charge in [-0.2, -0.15) is 0 Å². The van der Waals surface area contributed by atoms with Crippen molar-refractivity contribution in [1.82, 2.24) is 0 Å². The van der Waals surface area contributed by atoms with Gasteiger partial charge in [0.2, 0.25) is 0 Å². The monoisotopic (exact) mass is 648 g/mol. The molecule has 0 unspecified atom stereocenters. The Balaban J connectivity index is 1.44. The van der Waals surface area contributed by atoms with Crippen LogP contribution in [0.3, 0.4) is 0 Å². The van der Waals surface area contributed by atoms with Crippen LogP contribution in [0.5, 0.6) is 11.5 Å². The second kappa shape index (κ2) is 10.0. The first-order valence-electron chi connectivity index (χ1n) is 28.7. The molecule has 49 heavy (non-hydrogen) atoms. The van der Waals surface area contributed by atoms with Crippen LogP contribution in [-0.2, 0) is 0 Å². The summed E-state index contributed by atoms with van der Waals surface area (Å²) < 4.78 is 261. The smallest absolute Gasteiger partial charge is 0.135 e. The van der Waals surface area contributed by atoms with Crippen molar-refractivity contribution in [2.45, 2.75) is 0 Å². The van der Waals surface area contributed by atoms with E-state index in [1.807, 2.05) is 0 Å². The molecule has 0 fully saturated rings. The summed E-state index contributed by atoms with van der Waals surface area (Å²) in [6, 6.07) is -25.6. The summed E-state index contributed by atoms with van der Waals surface area (Å²) in [6.45, 7) is 0. The van der Waals surface area contributed by atoms with Crippen LogP contribution in [0.1, 0.15) is 38.4 Å². The lowest BCUT2D eigenvalue weighted by molar-refractivity contribution is 0.487. The highest BCUT2D eigenvalue weighted by molar-refractivity contribution is 6.27. The van der Waals surface area contributed by atoms with Crippen LogP contribution in [0, 0.1) is 0 Å². The zero-order valence-electron chi connectivity index (χ0n) is 52.4. The minimum absolute atomic E-state index is 0.388. The Morgan fingerprint density at radius 3 is 1.69 bits per heavy atom. The van der Waals surface area contributed by atoms with Crippen molar-refractivity contribution < 1.29 is 43.1 Å². The zero-order chi connectivity index (χ0) is 56.4. The van der Waals surface area contributed by atoms with Crippen molar-refractivity contribution in [2.75, 3.05) is 0 Å². The second-order valence-corrected chi connectivity index (χ2v) is 11.0. The molecule has 0 bridgehead atoms. The standard InChI is InChI=1S/C48H28O/c1-2-12-30(13-3-1)44-37-19-4-5-20-38(37)45(48-40-24-10-15-29-14-9-23-39(43(29)40)47(44)48)32-17-8-16-31(28-32)33-26-27-42-46-35(33)21-11-22-36(46)34-18-6-7-25-41(34)49-42/h1-28H/i1D,2D,3D,4D,5D,6D,7D,8D,9D,10D,11D,12D,13D,14D,15D,16D,17D,18D,19D,20D,21D,22D,23D,24D,25D,26D,27D,28D. The average Bonchev–Trinajstić information content (AvgIpc) is 4.02. The first-order chi connectivity index (χ1) is 36.0. The van der Waals surface area contributed by atoms with E-state index in [0.717, 1.165) is 0 Å². The van der Waals surface area contributed by atoms with Gasteiger partial charge in [-0.15, -0.1) is 0 Å². The molecule has 2 aliphatic rings. The van der Waals surface area contributed by atoms with Gasteiger partial charge in [-0.3, -0.25) is 0 Å². The van der Waals surface area contributed by atoms with E-state index in [9.17, 15) is 17.8 Å². The van der Waals surface area contributed by atoms with E-state index in [1.165, 1.54) is 0 Å². The van der Waals surface area contributed by atoms with Crippen LogP contribution in [0.15, 0.2) is 169 Å². The van der Waals surface area contributed by atoms with Gasteiger partial charge in [0.05, 0.1) is 38.4 Å². The fraction of sp³-hybridized carbons (Fsp3) is 0. The van der Waals surface area contributed by atoms with Crippen LogP contribution in [0.25, 0.3) is 99.1 Å². The molecule has 0 aromatic heterocycles. The Morgan fingerprint density at radius 1 is 0.327 bits per heavy atom. The maximum absolute atomic E-state index is 10.2. The Bertz CT molecular complexity index is 4410. The van der Waals surface area contributed by atoms with Gasteiger partial charge in [-0.05, 0) is 106 Å². The Hall–Kier alpha value is -6.44. The molecular formula is C48H28O. The molecule has 1 aliphatic heterocycles. The summed E-state index contributed by atoms with van der Waals surface area (Å²) in [4.78, 5) is 0. The van der Waals surface area contributed by atoms with Crippen molar-refractivity contribution in [3.05, 3.63) is 169 Å². The van der Waals surface area contributed by atoms with Crippen LogP contribution in [0.2, 0.25) is 0 Å². The molecule has 1 heterocycles. The van der Waals surface area contributed by atoms with Crippen LogP contribution in [-0.4, -0.2) is 0 Å². The number of para-hydroxylation sites is 1. The minimum Gasteiger partial charge on any atom is -0.456 e. The first-order valence-corrected chi connectivity index (χ1v) is 14.7. The molecule has 0 amide bonds. The van der Waals surface area contributed by atoms with Gasteiger partial charge in [0, 0.05) is 10.9 Å². The van der Waals surface area contributed by atoms with Gasteiger partial charge in [-0.1, -0.05) is 151 Å². The predicted molar refractivity (Wildman–Crippen MR) is 205 cm³/mol. The highest BCUT2D eigenvalue weighted by atomic mass is 16.5. The topological polar surface area (TPSA) is 9.23 Å². The predicted octanol–water partition coefficient (Wildman–Crippen LogP) is 13.6. The lowest BCUT2D eigenvalue weighted by Crippen LogP contribution is -1.97. The molecule has 0 atom stereocenters. The fourth-order valence-electron chi connectivity index (χ4n) is 6.67. The normalized spacial score (nSPS) is 20.2. The summed E-state index contributed by atoms with van der Waals surface area (Å²) >= 11 is 0. The molecule has 1 nitrogen and oxygen atoms in total. The lowest BCUT2D eigenvalue weighted by Gasteiger charge is -2.23. The lowest BCUT2D eigenvalue weighted by atomic mass is 9.82. The van der Waals surface area contributed by atoms with Crippen LogP contribution < -0.4 is 4.74 Å². The largest absolute Gasteiger partial charge is 0.456 e. The third-order valence-electron chi connectivity index (χ3n) is 8.57. The summed E-state index contributed by atoms with van der Waals surface area (Å²) in [6.07, 6.45) is 0. The Kier molecular flexibility index (Phi) is 2.32. The van der Waals surface area contributed by atoms with E-state index < -0.39 is 274 Å². The SMILES string of the molecule is [2H]c1c([2H])c([2H])c(-c2c3c(c(-c4c([2H])c([2H])c([2H])c(-c5c([2H])c([2H])c6c7c(c([2H])c([2H])c([2H])c57)-c5c([2H])c([2H])c([2H])c([2H])c5O6)c4[2H])c4c([2H])c([2H])c([2H])c([2H])c24)-c2c([2H])c([2H])c([2H])c4c([2H])c([2H])c([2H])c-3c24)c([2H])c1[2H].